The van der Waals surface area contributed by atoms with Crippen molar-refractivity contribution < 1.29 is 0 Å². The van der Waals surface area contributed by atoms with Crippen LogP contribution in [0, 0.1) is 0 Å². The molecule has 19 heavy (non-hydrogen) atoms. The molecule has 3 nitrogen and oxygen atoms in total. The molecular weight excluding hydrogens is 254 g/mol. The fourth-order valence-electron chi connectivity index (χ4n) is 2.48. The van der Waals surface area contributed by atoms with Crippen LogP contribution in [0.3, 0.4) is 0 Å². The highest BCUT2D eigenvalue weighted by Gasteiger charge is 2.24. The summed E-state index contributed by atoms with van der Waals surface area (Å²) in [6.45, 7) is 7.72. The monoisotopic (exact) mass is 283 g/mol. The number of nitrogens with two attached hydrogens (primary N) is 1. The third kappa shape index (κ3) is 5.22. The summed E-state index contributed by atoms with van der Waals surface area (Å²) in [5, 5.41) is 4.40. The standard InChI is InChI=1S/C15H29N3S/c1-5-14(16)15(13-8-11-19-12-13)18(6-2)10-7-9-17(3)4/h8,11-12,14-15H,5-7,9-10,16H2,1-4H3. The quantitative estimate of drug-likeness (QED) is 0.756. The minimum Gasteiger partial charge on any atom is -0.326 e. The van der Waals surface area contributed by atoms with Gasteiger partial charge in [-0.15, -0.1) is 0 Å². The zero-order valence-corrected chi connectivity index (χ0v) is 13.6. The van der Waals surface area contributed by atoms with E-state index in [-0.39, 0.29) is 6.04 Å². The number of hydrogen-bond donors (Lipinski definition) is 1. The Bertz CT molecular complexity index is 324. The van der Waals surface area contributed by atoms with Crippen molar-refractivity contribution in [3.8, 4) is 0 Å². The molecule has 0 aliphatic rings. The molecule has 0 fully saturated rings. The van der Waals surface area contributed by atoms with Crippen LogP contribution in [0.4, 0.5) is 0 Å². The Morgan fingerprint density at radius 2 is 2.00 bits per heavy atom. The second-order valence-corrected chi connectivity index (χ2v) is 6.14. The Balaban J connectivity index is 2.70. The molecule has 0 aliphatic carbocycles. The second-order valence-electron chi connectivity index (χ2n) is 5.36. The third-order valence-corrected chi connectivity index (χ3v) is 4.31. The van der Waals surface area contributed by atoms with Crippen LogP contribution in [0.2, 0.25) is 0 Å². The number of thiophene rings is 1. The fourth-order valence-corrected chi connectivity index (χ4v) is 3.17. The first-order valence-electron chi connectivity index (χ1n) is 7.26. The maximum atomic E-state index is 6.37. The second kappa shape index (κ2) is 8.69. The van der Waals surface area contributed by atoms with Gasteiger partial charge in [-0.2, -0.15) is 11.3 Å². The fraction of sp³-hybridized carbons (Fsp3) is 0.733. The Hall–Kier alpha value is -0.420. The van der Waals surface area contributed by atoms with Gasteiger partial charge in [-0.1, -0.05) is 13.8 Å². The Labute approximate surface area is 122 Å². The molecule has 0 aliphatic heterocycles. The predicted octanol–water partition coefficient (Wildman–Crippen LogP) is 2.80. The van der Waals surface area contributed by atoms with E-state index in [1.165, 1.54) is 12.0 Å². The molecule has 2 unspecified atom stereocenters. The molecule has 1 rings (SSSR count). The van der Waals surface area contributed by atoms with Crippen molar-refractivity contribution in [2.45, 2.75) is 38.8 Å². The lowest BCUT2D eigenvalue weighted by atomic mass is 9.98. The molecule has 0 saturated heterocycles. The van der Waals surface area contributed by atoms with Crippen molar-refractivity contribution in [2.24, 2.45) is 5.73 Å². The number of likely N-dealkylation sites (N-methyl/N-ethyl adjacent to an activating group) is 1. The van der Waals surface area contributed by atoms with Crippen LogP contribution in [0.5, 0.6) is 0 Å². The van der Waals surface area contributed by atoms with E-state index in [4.69, 9.17) is 5.73 Å². The molecule has 4 heteroatoms. The average molecular weight is 283 g/mol. The van der Waals surface area contributed by atoms with Crippen LogP contribution in [-0.4, -0.2) is 49.6 Å². The van der Waals surface area contributed by atoms with E-state index in [1.807, 2.05) is 0 Å². The molecule has 0 spiro atoms. The van der Waals surface area contributed by atoms with E-state index in [2.05, 4.69) is 54.6 Å². The van der Waals surface area contributed by atoms with Gasteiger partial charge in [-0.25, -0.2) is 0 Å². The highest BCUT2D eigenvalue weighted by molar-refractivity contribution is 7.07. The van der Waals surface area contributed by atoms with E-state index in [1.54, 1.807) is 11.3 Å². The van der Waals surface area contributed by atoms with Gasteiger partial charge in [0.1, 0.15) is 0 Å². The smallest absolute Gasteiger partial charge is 0.0507 e. The summed E-state index contributed by atoms with van der Waals surface area (Å²) < 4.78 is 0. The summed E-state index contributed by atoms with van der Waals surface area (Å²) in [4.78, 5) is 4.77. The zero-order valence-electron chi connectivity index (χ0n) is 12.8. The topological polar surface area (TPSA) is 32.5 Å². The first-order valence-corrected chi connectivity index (χ1v) is 8.20. The van der Waals surface area contributed by atoms with Gasteiger partial charge in [-0.3, -0.25) is 4.90 Å². The summed E-state index contributed by atoms with van der Waals surface area (Å²) >= 11 is 1.76. The van der Waals surface area contributed by atoms with Crippen molar-refractivity contribution in [2.75, 3.05) is 33.7 Å². The first-order chi connectivity index (χ1) is 9.10. The largest absolute Gasteiger partial charge is 0.326 e. The van der Waals surface area contributed by atoms with Crippen molar-refractivity contribution in [1.29, 1.82) is 0 Å². The van der Waals surface area contributed by atoms with Crippen molar-refractivity contribution in [3.05, 3.63) is 22.4 Å². The van der Waals surface area contributed by atoms with Crippen molar-refractivity contribution in [3.63, 3.8) is 0 Å². The number of rotatable bonds is 9. The number of nitrogens with zero attached hydrogens (tertiary/aromatic N) is 2. The third-order valence-electron chi connectivity index (χ3n) is 3.61. The summed E-state index contributed by atoms with van der Waals surface area (Å²) in [7, 11) is 4.26. The summed E-state index contributed by atoms with van der Waals surface area (Å²) in [5.41, 5.74) is 7.75. The molecule has 0 aromatic carbocycles. The van der Waals surface area contributed by atoms with E-state index < -0.39 is 0 Å². The molecule has 0 saturated carbocycles. The molecule has 1 aromatic rings. The molecule has 0 bridgehead atoms. The van der Waals surface area contributed by atoms with Crippen LogP contribution in [0.1, 0.15) is 38.3 Å². The summed E-state index contributed by atoms with van der Waals surface area (Å²) in [5.74, 6) is 0. The normalized spacial score (nSPS) is 15.1. The van der Waals surface area contributed by atoms with E-state index in [0.717, 1.165) is 26.1 Å². The van der Waals surface area contributed by atoms with Gasteiger partial charge in [0.25, 0.3) is 0 Å². The molecule has 110 valence electrons. The van der Waals surface area contributed by atoms with Gasteiger partial charge >= 0.3 is 0 Å². The van der Waals surface area contributed by atoms with E-state index >= 15 is 0 Å². The molecule has 2 N–H and O–H groups in total. The highest BCUT2D eigenvalue weighted by atomic mass is 32.1. The van der Waals surface area contributed by atoms with Crippen LogP contribution in [0.25, 0.3) is 0 Å². The molecule has 0 radical (unpaired) electrons. The molecule has 0 amide bonds. The number of hydrogen-bond acceptors (Lipinski definition) is 4. The minimum absolute atomic E-state index is 0.217. The zero-order chi connectivity index (χ0) is 14.3. The summed E-state index contributed by atoms with van der Waals surface area (Å²) in [6.07, 6.45) is 2.21. The first kappa shape index (κ1) is 16.6. The highest BCUT2D eigenvalue weighted by Crippen LogP contribution is 2.27. The van der Waals surface area contributed by atoms with Crippen LogP contribution in [0.15, 0.2) is 16.8 Å². The lowest BCUT2D eigenvalue weighted by Gasteiger charge is -2.34. The molecule has 1 heterocycles. The van der Waals surface area contributed by atoms with E-state index in [9.17, 15) is 0 Å². The van der Waals surface area contributed by atoms with Gasteiger partial charge < -0.3 is 10.6 Å². The van der Waals surface area contributed by atoms with Gasteiger partial charge in [0.15, 0.2) is 0 Å². The lowest BCUT2D eigenvalue weighted by Crippen LogP contribution is -2.41. The SMILES string of the molecule is CCC(N)C(c1ccsc1)N(CC)CCCN(C)C. The Morgan fingerprint density at radius 3 is 2.47 bits per heavy atom. The maximum absolute atomic E-state index is 6.37. The van der Waals surface area contributed by atoms with Gasteiger partial charge in [0, 0.05) is 12.6 Å². The predicted molar refractivity (Wildman–Crippen MR) is 85.7 cm³/mol. The maximum Gasteiger partial charge on any atom is 0.0507 e. The van der Waals surface area contributed by atoms with Gasteiger partial charge in [-0.05, 0) is 62.4 Å². The minimum atomic E-state index is 0.217. The van der Waals surface area contributed by atoms with Crippen LogP contribution in [-0.2, 0) is 0 Å². The molecule has 2 atom stereocenters. The molecular formula is C15H29N3S. The van der Waals surface area contributed by atoms with Crippen LogP contribution >= 0.6 is 11.3 Å². The van der Waals surface area contributed by atoms with Gasteiger partial charge in [0.2, 0.25) is 0 Å². The molecule has 1 aromatic heterocycles. The van der Waals surface area contributed by atoms with E-state index in [0.29, 0.717) is 6.04 Å². The van der Waals surface area contributed by atoms with Crippen LogP contribution < -0.4 is 5.73 Å². The van der Waals surface area contributed by atoms with Crippen molar-refractivity contribution in [1.82, 2.24) is 9.80 Å². The van der Waals surface area contributed by atoms with Crippen molar-refractivity contribution >= 4 is 11.3 Å². The van der Waals surface area contributed by atoms with Gasteiger partial charge in [0.05, 0.1) is 6.04 Å². The Morgan fingerprint density at radius 1 is 1.26 bits per heavy atom. The average Bonchev–Trinajstić information content (AvgIpc) is 2.90. The summed E-state index contributed by atoms with van der Waals surface area (Å²) in [6, 6.07) is 2.80. The Kier molecular flexibility index (Phi) is 7.61. The lowest BCUT2D eigenvalue weighted by molar-refractivity contribution is 0.170.